The molecule has 0 saturated heterocycles. The van der Waals surface area contributed by atoms with Crippen LogP contribution in [0.1, 0.15) is 15.9 Å². The van der Waals surface area contributed by atoms with Crippen LogP contribution in [0.4, 0.5) is 0 Å². The minimum atomic E-state index is -0.468. The van der Waals surface area contributed by atoms with Gasteiger partial charge in [0.2, 0.25) is 0 Å². The first-order chi connectivity index (χ1) is 14.7. The predicted molar refractivity (Wildman–Crippen MR) is 110 cm³/mol. The first-order valence-corrected chi connectivity index (χ1v) is 9.57. The van der Waals surface area contributed by atoms with Gasteiger partial charge in [0.25, 0.3) is 0 Å². The van der Waals surface area contributed by atoms with Crippen molar-refractivity contribution in [3.63, 3.8) is 0 Å². The highest BCUT2D eigenvalue weighted by Gasteiger charge is 2.07. The molecular formula is C23H26O7. The summed E-state index contributed by atoms with van der Waals surface area (Å²) in [6, 6.07) is 16.3. The van der Waals surface area contributed by atoms with Crippen molar-refractivity contribution in [2.24, 2.45) is 0 Å². The molecule has 30 heavy (non-hydrogen) atoms. The number of carbonyl (C=O) groups is 2. The highest BCUT2D eigenvalue weighted by atomic mass is 16.6. The van der Waals surface area contributed by atoms with Crippen molar-refractivity contribution in [3.05, 3.63) is 78.4 Å². The van der Waals surface area contributed by atoms with E-state index in [2.05, 4.69) is 6.58 Å². The second kappa shape index (κ2) is 13.9. The smallest absolute Gasteiger partial charge is 0.338 e. The molecule has 0 aliphatic carbocycles. The van der Waals surface area contributed by atoms with Gasteiger partial charge in [-0.1, -0.05) is 36.9 Å². The van der Waals surface area contributed by atoms with E-state index in [4.69, 9.17) is 23.7 Å². The molecule has 2 aromatic carbocycles. The van der Waals surface area contributed by atoms with E-state index in [0.717, 1.165) is 11.6 Å². The zero-order valence-corrected chi connectivity index (χ0v) is 16.8. The summed E-state index contributed by atoms with van der Waals surface area (Å²) >= 11 is 0. The van der Waals surface area contributed by atoms with E-state index in [1.54, 1.807) is 24.3 Å². The lowest BCUT2D eigenvalue weighted by Crippen LogP contribution is -2.13. The Labute approximate surface area is 176 Å². The van der Waals surface area contributed by atoms with Gasteiger partial charge in [0.1, 0.15) is 25.6 Å². The van der Waals surface area contributed by atoms with Gasteiger partial charge in [0.05, 0.1) is 32.0 Å². The highest BCUT2D eigenvalue weighted by molar-refractivity contribution is 5.89. The molecule has 2 rings (SSSR count). The van der Waals surface area contributed by atoms with Crippen molar-refractivity contribution in [2.75, 3.05) is 39.6 Å². The molecule has 0 amide bonds. The van der Waals surface area contributed by atoms with Gasteiger partial charge in [-0.25, -0.2) is 9.59 Å². The summed E-state index contributed by atoms with van der Waals surface area (Å²) in [5, 5.41) is 0. The first kappa shape index (κ1) is 23.1. The minimum absolute atomic E-state index is 0.184. The molecule has 0 aliphatic rings. The van der Waals surface area contributed by atoms with E-state index in [1.807, 2.05) is 30.3 Å². The molecule has 0 bridgehead atoms. The van der Waals surface area contributed by atoms with E-state index >= 15 is 0 Å². The fourth-order valence-corrected chi connectivity index (χ4v) is 2.29. The number of hydrogen-bond donors (Lipinski definition) is 0. The molecule has 0 aromatic heterocycles. The largest absolute Gasteiger partial charge is 0.491 e. The molecule has 0 spiro atoms. The van der Waals surface area contributed by atoms with Crippen molar-refractivity contribution >= 4 is 11.9 Å². The van der Waals surface area contributed by atoms with Crippen molar-refractivity contribution in [2.45, 2.75) is 6.61 Å². The Morgan fingerprint density at radius 2 is 1.40 bits per heavy atom. The molecular weight excluding hydrogens is 388 g/mol. The summed E-state index contributed by atoms with van der Waals surface area (Å²) < 4.78 is 26.3. The van der Waals surface area contributed by atoms with E-state index in [1.165, 1.54) is 0 Å². The number of hydrogen-bond acceptors (Lipinski definition) is 7. The molecule has 0 heterocycles. The summed E-state index contributed by atoms with van der Waals surface area (Å²) in [6.45, 7) is 5.60. The monoisotopic (exact) mass is 414 g/mol. The predicted octanol–water partition coefficient (Wildman–Crippen LogP) is 3.18. The molecule has 0 aliphatic heterocycles. The Balaban J connectivity index is 1.53. The van der Waals surface area contributed by atoms with Gasteiger partial charge in [0, 0.05) is 6.08 Å². The van der Waals surface area contributed by atoms with Crippen LogP contribution < -0.4 is 4.74 Å². The fourth-order valence-electron chi connectivity index (χ4n) is 2.29. The normalized spacial score (nSPS) is 10.3. The number of esters is 2. The fraction of sp³-hybridized carbons (Fsp3) is 0.304. The zero-order chi connectivity index (χ0) is 21.4. The van der Waals surface area contributed by atoms with Crippen LogP contribution in [0.2, 0.25) is 0 Å². The van der Waals surface area contributed by atoms with Gasteiger partial charge in [-0.15, -0.1) is 0 Å². The van der Waals surface area contributed by atoms with Crippen LogP contribution in [0.25, 0.3) is 0 Å². The molecule has 7 nitrogen and oxygen atoms in total. The SMILES string of the molecule is C=CC(=O)OCCOCCOCCOc1ccc(C(=O)OCc2ccccc2)cc1. The average molecular weight is 414 g/mol. The third-order valence-electron chi connectivity index (χ3n) is 3.81. The first-order valence-electron chi connectivity index (χ1n) is 9.57. The third kappa shape index (κ3) is 9.36. The van der Waals surface area contributed by atoms with Gasteiger partial charge in [-0.2, -0.15) is 0 Å². The maximum Gasteiger partial charge on any atom is 0.338 e. The summed E-state index contributed by atoms with van der Waals surface area (Å²) in [6.07, 6.45) is 1.11. The summed E-state index contributed by atoms with van der Waals surface area (Å²) in [5.41, 5.74) is 1.40. The average Bonchev–Trinajstić information content (AvgIpc) is 2.79. The standard InChI is InChI=1S/C23H26O7/c1-2-22(24)29-17-15-27-13-12-26-14-16-28-21-10-8-20(9-11-21)23(25)30-18-19-6-4-3-5-7-19/h2-11H,1,12-18H2. The highest BCUT2D eigenvalue weighted by Crippen LogP contribution is 2.13. The Morgan fingerprint density at radius 3 is 2.07 bits per heavy atom. The van der Waals surface area contributed by atoms with Gasteiger partial charge in [0.15, 0.2) is 0 Å². The second-order valence-corrected chi connectivity index (χ2v) is 6.03. The van der Waals surface area contributed by atoms with Crippen LogP contribution in [-0.2, 0) is 30.3 Å². The number of ether oxygens (including phenoxy) is 5. The summed E-state index contributed by atoms with van der Waals surface area (Å²) in [7, 11) is 0. The Morgan fingerprint density at radius 1 is 0.767 bits per heavy atom. The maximum atomic E-state index is 12.1. The van der Waals surface area contributed by atoms with E-state index in [-0.39, 0.29) is 19.2 Å². The molecule has 0 N–H and O–H groups in total. The molecule has 0 fully saturated rings. The van der Waals surface area contributed by atoms with Crippen LogP contribution >= 0.6 is 0 Å². The van der Waals surface area contributed by atoms with Gasteiger partial charge >= 0.3 is 11.9 Å². The lowest BCUT2D eigenvalue weighted by Gasteiger charge is -2.09. The van der Waals surface area contributed by atoms with Crippen LogP contribution in [-0.4, -0.2) is 51.6 Å². The summed E-state index contributed by atoms with van der Waals surface area (Å²) in [4.78, 5) is 22.9. The van der Waals surface area contributed by atoms with Crippen molar-refractivity contribution in [1.29, 1.82) is 0 Å². The number of benzene rings is 2. The van der Waals surface area contributed by atoms with Gasteiger partial charge in [-0.3, -0.25) is 0 Å². The van der Waals surface area contributed by atoms with Crippen LogP contribution in [0, 0.1) is 0 Å². The van der Waals surface area contributed by atoms with E-state index in [9.17, 15) is 9.59 Å². The quantitative estimate of drug-likeness (QED) is 0.267. The van der Waals surface area contributed by atoms with E-state index in [0.29, 0.717) is 44.3 Å². The number of rotatable bonds is 14. The molecule has 0 atom stereocenters. The Kier molecular flexibility index (Phi) is 10.7. The second-order valence-electron chi connectivity index (χ2n) is 6.03. The van der Waals surface area contributed by atoms with E-state index < -0.39 is 5.97 Å². The maximum absolute atomic E-state index is 12.1. The summed E-state index contributed by atoms with van der Waals surface area (Å²) in [5.74, 6) is -0.212. The lowest BCUT2D eigenvalue weighted by atomic mass is 10.2. The Hall–Kier alpha value is -3.16. The molecule has 0 radical (unpaired) electrons. The van der Waals surface area contributed by atoms with Gasteiger partial charge < -0.3 is 23.7 Å². The van der Waals surface area contributed by atoms with Crippen LogP contribution in [0.5, 0.6) is 5.75 Å². The lowest BCUT2D eigenvalue weighted by molar-refractivity contribution is -0.139. The Bertz CT molecular complexity index is 772. The van der Waals surface area contributed by atoms with Crippen molar-refractivity contribution < 1.29 is 33.3 Å². The topological polar surface area (TPSA) is 80.3 Å². The molecule has 7 heteroatoms. The van der Waals surface area contributed by atoms with Crippen molar-refractivity contribution in [3.8, 4) is 5.75 Å². The zero-order valence-electron chi connectivity index (χ0n) is 16.8. The minimum Gasteiger partial charge on any atom is -0.491 e. The van der Waals surface area contributed by atoms with Crippen LogP contribution in [0.3, 0.4) is 0 Å². The van der Waals surface area contributed by atoms with Gasteiger partial charge in [-0.05, 0) is 29.8 Å². The number of carbonyl (C=O) groups excluding carboxylic acids is 2. The third-order valence-corrected chi connectivity index (χ3v) is 3.81. The van der Waals surface area contributed by atoms with Crippen molar-refractivity contribution in [1.82, 2.24) is 0 Å². The molecule has 0 saturated carbocycles. The van der Waals surface area contributed by atoms with Crippen LogP contribution in [0.15, 0.2) is 67.3 Å². The molecule has 2 aromatic rings. The molecule has 0 unspecified atom stereocenters. The molecule has 160 valence electrons.